The van der Waals surface area contributed by atoms with E-state index in [4.69, 9.17) is 22.6 Å². The van der Waals surface area contributed by atoms with Crippen LogP contribution in [0.2, 0.25) is 5.02 Å². The van der Waals surface area contributed by atoms with E-state index in [-0.39, 0.29) is 11.3 Å². The van der Waals surface area contributed by atoms with E-state index in [9.17, 15) is 8.78 Å². The van der Waals surface area contributed by atoms with Gasteiger partial charge in [0.1, 0.15) is 17.7 Å². The maximum atomic E-state index is 12.6. The van der Waals surface area contributed by atoms with Crippen LogP contribution in [0.15, 0.2) is 41.4 Å². The summed E-state index contributed by atoms with van der Waals surface area (Å²) in [6.45, 7) is 0. The molecule has 0 spiro atoms. The molecule has 1 heterocycles. The van der Waals surface area contributed by atoms with Crippen molar-refractivity contribution in [3.63, 3.8) is 0 Å². The molecular formula is C15H10ClF2N3S. The van der Waals surface area contributed by atoms with Gasteiger partial charge >= 0.3 is 0 Å². The minimum Gasteiger partial charge on any atom is -0.396 e. The smallest absolute Gasteiger partial charge is 0.147 e. The number of aromatic amines is 1. The number of nitrogens with two attached hydrogens (primary N) is 1. The molecule has 3 N–H and O–H groups in total. The number of benzene rings is 2. The van der Waals surface area contributed by atoms with Crippen molar-refractivity contribution in [3.8, 4) is 6.07 Å². The number of nitrogens with zero attached hydrogens (tertiary/aromatic N) is 1. The summed E-state index contributed by atoms with van der Waals surface area (Å²) in [7, 11) is 0. The molecule has 3 nitrogen and oxygen atoms in total. The molecule has 112 valence electrons. The second kappa shape index (κ2) is 6.69. The molecule has 0 aliphatic carbocycles. The molecule has 3 aromatic rings. The number of hydrogen-bond acceptors (Lipinski definition) is 3. The van der Waals surface area contributed by atoms with Gasteiger partial charge in [-0.3, -0.25) is 0 Å². The first kappa shape index (κ1) is 16.1. The third-order valence-electron chi connectivity index (χ3n) is 2.83. The maximum Gasteiger partial charge on any atom is 0.147 e. The molecule has 0 saturated carbocycles. The van der Waals surface area contributed by atoms with E-state index < -0.39 is 11.6 Å². The van der Waals surface area contributed by atoms with Crippen LogP contribution in [0.4, 0.5) is 14.5 Å². The van der Waals surface area contributed by atoms with Gasteiger partial charge in [-0.25, -0.2) is 8.78 Å². The summed E-state index contributed by atoms with van der Waals surface area (Å²) in [5.41, 5.74) is 5.42. The fourth-order valence-electron chi connectivity index (χ4n) is 1.73. The molecule has 0 radical (unpaired) electrons. The van der Waals surface area contributed by atoms with Crippen LogP contribution in [0.3, 0.4) is 0 Å². The first-order valence-electron chi connectivity index (χ1n) is 6.02. The Morgan fingerprint density at radius 2 is 1.91 bits per heavy atom. The number of H-pyrrole nitrogens is 1. The second-order valence-corrected chi connectivity index (χ2v) is 5.25. The van der Waals surface area contributed by atoms with E-state index in [1.54, 1.807) is 0 Å². The highest BCUT2D eigenvalue weighted by Gasteiger charge is 2.05. The van der Waals surface area contributed by atoms with E-state index in [0.29, 0.717) is 0 Å². The SMILES string of the molecule is N#Cc1cc(F)c(N)cc1F.Sc1c[nH]c2cc(Cl)ccc12. The lowest BCUT2D eigenvalue weighted by atomic mass is 10.2. The summed E-state index contributed by atoms with van der Waals surface area (Å²) in [4.78, 5) is 4.02. The Bertz CT molecular complexity index is 871. The Morgan fingerprint density at radius 1 is 1.18 bits per heavy atom. The number of fused-ring (bicyclic) bond motifs is 1. The van der Waals surface area contributed by atoms with E-state index in [0.717, 1.165) is 33.0 Å². The highest BCUT2D eigenvalue weighted by molar-refractivity contribution is 7.80. The third kappa shape index (κ3) is 3.50. The molecule has 3 rings (SSSR count). The first-order chi connectivity index (χ1) is 10.4. The van der Waals surface area contributed by atoms with Gasteiger partial charge in [0.05, 0.1) is 11.3 Å². The van der Waals surface area contributed by atoms with Crippen LogP contribution in [0, 0.1) is 23.0 Å². The molecule has 0 aliphatic heterocycles. The van der Waals surface area contributed by atoms with Crippen LogP contribution in [-0.4, -0.2) is 4.98 Å². The average molecular weight is 338 g/mol. The van der Waals surface area contributed by atoms with Gasteiger partial charge in [0, 0.05) is 33.1 Å². The van der Waals surface area contributed by atoms with E-state index in [1.807, 2.05) is 24.4 Å². The van der Waals surface area contributed by atoms with Crippen LogP contribution in [0.25, 0.3) is 10.9 Å². The topological polar surface area (TPSA) is 65.6 Å². The van der Waals surface area contributed by atoms with E-state index in [2.05, 4.69) is 17.6 Å². The standard InChI is InChI=1S/C8H6ClNS.C7H4F2N2/c9-5-1-2-6-7(3-5)10-4-8(6)11;8-5-2-7(11)6(9)1-4(5)3-10/h1-4,10-11H;1-2H,11H2. The molecule has 0 atom stereocenters. The number of nitrogen functional groups attached to an aromatic ring is 1. The van der Waals surface area contributed by atoms with Gasteiger partial charge in [0.2, 0.25) is 0 Å². The van der Waals surface area contributed by atoms with Gasteiger partial charge < -0.3 is 10.7 Å². The van der Waals surface area contributed by atoms with Crippen molar-refractivity contribution < 1.29 is 8.78 Å². The number of halogens is 3. The molecule has 0 saturated heterocycles. The van der Waals surface area contributed by atoms with Crippen LogP contribution >= 0.6 is 24.2 Å². The number of hydrogen-bond donors (Lipinski definition) is 3. The Hall–Kier alpha value is -2.23. The van der Waals surface area contributed by atoms with Gasteiger partial charge in [-0.2, -0.15) is 5.26 Å². The van der Waals surface area contributed by atoms with Crippen molar-refractivity contribution in [2.24, 2.45) is 0 Å². The fraction of sp³-hybridized carbons (Fsp3) is 0. The molecule has 2 aromatic carbocycles. The van der Waals surface area contributed by atoms with Crippen LogP contribution in [-0.2, 0) is 0 Å². The fourth-order valence-corrected chi connectivity index (χ4v) is 2.16. The zero-order chi connectivity index (χ0) is 16.3. The molecule has 0 bridgehead atoms. The molecule has 0 unspecified atom stereocenters. The van der Waals surface area contributed by atoms with Crippen molar-refractivity contribution in [1.29, 1.82) is 5.26 Å². The minimum atomic E-state index is -0.800. The summed E-state index contributed by atoms with van der Waals surface area (Å²) in [6.07, 6.45) is 1.85. The van der Waals surface area contributed by atoms with Crippen LogP contribution < -0.4 is 5.73 Å². The Balaban J connectivity index is 0.000000160. The van der Waals surface area contributed by atoms with Crippen LogP contribution in [0.5, 0.6) is 0 Å². The summed E-state index contributed by atoms with van der Waals surface area (Å²) in [5, 5.41) is 10.1. The number of nitriles is 1. The monoisotopic (exact) mass is 337 g/mol. The number of rotatable bonds is 0. The lowest BCUT2D eigenvalue weighted by Crippen LogP contribution is -1.94. The van der Waals surface area contributed by atoms with E-state index in [1.165, 1.54) is 6.07 Å². The second-order valence-electron chi connectivity index (χ2n) is 4.33. The van der Waals surface area contributed by atoms with Gasteiger partial charge in [-0.05, 0) is 18.2 Å². The molecule has 0 aliphatic rings. The molecule has 22 heavy (non-hydrogen) atoms. The quantitative estimate of drug-likeness (QED) is 0.417. The maximum absolute atomic E-state index is 12.6. The van der Waals surface area contributed by atoms with Gasteiger partial charge in [0.15, 0.2) is 0 Å². The van der Waals surface area contributed by atoms with Gasteiger partial charge in [-0.1, -0.05) is 17.7 Å². The van der Waals surface area contributed by atoms with Gasteiger partial charge in [-0.15, -0.1) is 12.6 Å². The predicted octanol–water partition coefficient (Wildman–Crippen LogP) is 4.53. The number of aromatic nitrogens is 1. The lowest BCUT2D eigenvalue weighted by Gasteiger charge is -1.96. The third-order valence-corrected chi connectivity index (χ3v) is 3.43. The van der Waals surface area contributed by atoms with Crippen molar-refractivity contribution in [1.82, 2.24) is 4.98 Å². The predicted molar refractivity (Wildman–Crippen MR) is 86.0 cm³/mol. The first-order valence-corrected chi connectivity index (χ1v) is 6.85. The lowest BCUT2D eigenvalue weighted by molar-refractivity contribution is 0.601. The van der Waals surface area contributed by atoms with Gasteiger partial charge in [0.25, 0.3) is 0 Å². The highest BCUT2D eigenvalue weighted by atomic mass is 35.5. The molecule has 0 amide bonds. The molecular weight excluding hydrogens is 328 g/mol. The summed E-state index contributed by atoms with van der Waals surface area (Å²) in [5.74, 6) is -1.57. The normalized spacial score (nSPS) is 9.95. The van der Waals surface area contributed by atoms with Crippen LogP contribution in [0.1, 0.15) is 5.56 Å². The van der Waals surface area contributed by atoms with E-state index >= 15 is 0 Å². The minimum absolute atomic E-state index is 0.290. The average Bonchev–Trinajstić information content (AvgIpc) is 2.84. The zero-order valence-corrected chi connectivity index (χ0v) is 12.7. The largest absolute Gasteiger partial charge is 0.396 e. The van der Waals surface area contributed by atoms with Crippen molar-refractivity contribution in [2.75, 3.05) is 5.73 Å². The number of nitrogens with one attached hydrogen (secondary N) is 1. The molecule has 0 fully saturated rings. The summed E-state index contributed by atoms with van der Waals surface area (Å²) >= 11 is 10.0. The highest BCUT2D eigenvalue weighted by Crippen LogP contribution is 2.23. The number of thiol groups is 1. The van der Waals surface area contributed by atoms with Crippen molar-refractivity contribution in [2.45, 2.75) is 4.90 Å². The Labute approximate surface area is 135 Å². The summed E-state index contributed by atoms with van der Waals surface area (Å²) in [6, 6.07) is 8.75. The molecule has 7 heteroatoms. The Morgan fingerprint density at radius 3 is 2.59 bits per heavy atom. The van der Waals surface area contributed by atoms with Crippen molar-refractivity contribution in [3.05, 3.63) is 58.7 Å². The Kier molecular flexibility index (Phi) is 4.91. The summed E-state index contributed by atoms with van der Waals surface area (Å²) < 4.78 is 25.1. The van der Waals surface area contributed by atoms with Crippen molar-refractivity contribution >= 4 is 40.8 Å². The molecule has 1 aromatic heterocycles. The zero-order valence-electron chi connectivity index (χ0n) is 11.1. The number of anilines is 1.